The van der Waals surface area contributed by atoms with Crippen molar-refractivity contribution in [2.45, 2.75) is 42.5 Å². The summed E-state index contributed by atoms with van der Waals surface area (Å²) in [5, 5.41) is 18.2. The number of hydrogen-bond donors (Lipinski definition) is 1. The lowest BCUT2D eigenvalue weighted by molar-refractivity contribution is -0.154. The Labute approximate surface area is 225 Å². The molecule has 0 radical (unpaired) electrons. The van der Waals surface area contributed by atoms with Gasteiger partial charge in [0, 0.05) is 18.3 Å². The molecule has 1 spiro atoms. The van der Waals surface area contributed by atoms with Gasteiger partial charge in [0.2, 0.25) is 11.8 Å². The molecule has 3 saturated heterocycles. The molecule has 1 N–H and O–H groups in total. The number of amides is 2. The number of benzene rings is 1. The molecule has 1 aromatic heterocycles. The number of para-hydroxylation sites is 1. The van der Waals surface area contributed by atoms with Gasteiger partial charge in [-0.25, -0.2) is 4.68 Å². The highest BCUT2D eigenvalue weighted by atomic mass is 32.2. The van der Waals surface area contributed by atoms with Gasteiger partial charge in [-0.15, -0.1) is 30.0 Å². The maximum Gasteiger partial charge on any atom is 0.310 e. The molecule has 10 nitrogen and oxygen atoms in total. The van der Waals surface area contributed by atoms with Crippen LogP contribution in [0.2, 0.25) is 0 Å². The summed E-state index contributed by atoms with van der Waals surface area (Å²) in [6, 6.07) is 6.66. The van der Waals surface area contributed by atoms with E-state index < -0.39 is 28.6 Å². The molecule has 0 saturated carbocycles. The summed E-state index contributed by atoms with van der Waals surface area (Å²) >= 11 is 1.58. The van der Waals surface area contributed by atoms with E-state index in [0.717, 1.165) is 5.52 Å². The van der Waals surface area contributed by atoms with Gasteiger partial charge in [0.15, 0.2) is 0 Å². The van der Waals surface area contributed by atoms with Crippen LogP contribution in [0.4, 0.5) is 0 Å². The molecule has 2 amide bonds. The number of thioether (sulfide) groups is 1. The van der Waals surface area contributed by atoms with Crippen molar-refractivity contribution < 1.29 is 24.2 Å². The minimum atomic E-state index is -0.835. The number of aliphatic hydroxyl groups excluding tert-OH is 1. The molecule has 3 aliphatic heterocycles. The highest BCUT2D eigenvalue weighted by Crippen LogP contribution is 2.68. The fourth-order valence-electron chi connectivity index (χ4n) is 6.48. The van der Waals surface area contributed by atoms with E-state index in [1.807, 2.05) is 24.3 Å². The third kappa shape index (κ3) is 4.03. The van der Waals surface area contributed by atoms with Gasteiger partial charge < -0.3 is 19.6 Å². The zero-order valence-corrected chi connectivity index (χ0v) is 22.3. The van der Waals surface area contributed by atoms with Crippen LogP contribution in [-0.4, -0.2) is 90.0 Å². The molecule has 2 aromatic rings. The van der Waals surface area contributed by atoms with Gasteiger partial charge in [-0.2, -0.15) is 0 Å². The number of carbonyl (C=O) groups excluding carboxylic acids is 3. The number of β-amino-alcohol motifs (C(OH)–C–C–N with tert-alkyl or cyclic N) is 1. The van der Waals surface area contributed by atoms with E-state index in [-0.39, 0.29) is 56.0 Å². The summed E-state index contributed by atoms with van der Waals surface area (Å²) in [5.41, 5.74) is 1.50. The average molecular weight is 540 g/mol. The third-order valence-corrected chi connectivity index (χ3v) is 10.1. The molecule has 5 rings (SSSR count). The van der Waals surface area contributed by atoms with E-state index in [1.165, 1.54) is 4.90 Å². The Morgan fingerprint density at radius 1 is 1.32 bits per heavy atom. The number of aliphatic hydroxyl groups is 1. The maximum atomic E-state index is 14.4. The number of nitrogens with zero attached hydrogens (tertiary/aromatic N) is 5. The van der Waals surface area contributed by atoms with Crippen molar-refractivity contribution in [3.8, 4) is 0 Å². The van der Waals surface area contributed by atoms with Gasteiger partial charge in [0.05, 0.1) is 35.3 Å². The number of rotatable bonds is 11. The lowest BCUT2D eigenvalue weighted by Crippen LogP contribution is -2.57. The summed E-state index contributed by atoms with van der Waals surface area (Å²) in [5.74, 6) is -2.22. The SMILES string of the molecule is C=CCCOC(=O)[C@@H]1[C@H]2C(=O)N(CCO)C(C(=O)N(CC=C)Cn3nnc4ccccc43)C23S[C@@H]1CC3C. The van der Waals surface area contributed by atoms with E-state index >= 15 is 0 Å². The minimum absolute atomic E-state index is 0.0118. The second kappa shape index (κ2) is 10.5. The van der Waals surface area contributed by atoms with E-state index in [9.17, 15) is 19.5 Å². The lowest BCUT2D eigenvalue weighted by Gasteiger charge is -2.40. The number of esters is 1. The highest BCUT2D eigenvalue weighted by Gasteiger charge is 2.76. The molecule has 6 atom stereocenters. The first-order chi connectivity index (χ1) is 18.4. The van der Waals surface area contributed by atoms with Crippen LogP contribution in [0.25, 0.3) is 11.0 Å². The highest BCUT2D eigenvalue weighted by molar-refractivity contribution is 8.02. The number of carbonyl (C=O) groups is 3. The molecule has 4 heterocycles. The summed E-state index contributed by atoms with van der Waals surface area (Å²) in [6.45, 7) is 9.85. The number of aromatic nitrogens is 3. The molecule has 3 unspecified atom stereocenters. The standard InChI is InChI=1S/C27H33N5O5S/c1-4-6-14-37-26(36)21-20-15-17(3)27(38-20)22(21)24(34)31(12-13-33)23(27)25(35)30(11-5-2)16-32-19-10-8-7-9-18(19)28-29-32/h4-5,7-10,17,20-23,33H,1-2,6,11-16H2,3H3/t17?,20-,21+,22+,23?,27?/m1/s1. The lowest BCUT2D eigenvalue weighted by atomic mass is 9.66. The fraction of sp³-hybridized carbons (Fsp3) is 0.519. The fourth-order valence-corrected chi connectivity index (χ4v) is 8.89. The van der Waals surface area contributed by atoms with Gasteiger partial charge >= 0.3 is 5.97 Å². The Balaban J connectivity index is 1.50. The first-order valence-corrected chi connectivity index (χ1v) is 13.8. The van der Waals surface area contributed by atoms with Crippen molar-refractivity contribution in [1.82, 2.24) is 24.8 Å². The maximum absolute atomic E-state index is 14.4. The van der Waals surface area contributed by atoms with Crippen LogP contribution >= 0.6 is 11.8 Å². The summed E-state index contributed by atoms with van der Waals surface area (Å²) in [4.78, 5) is 44.6. The molecule has 11 heteroatoms. The monoisotopic (exact) mass is 539 g/mol. The largest absolute Gasteiger partial charge is 0.465 e. The van der Waals surface area contributed by atoms with E-state index in [0.29, 0.717) is 18.4 Å². The van der Waals surface area contributed by atoms with E-state index in [1.54, 1.807) is 33.5 Å². The molecule has 3 aliphatic rings. The van der Waals surface area contributed by atoms with E-state index in [2.05, 4.69) is 30.4 Å². The van der Waals surface area contributed by atoms with Gasteiger partial charge in [0.1, 0.15) is 18.2 Å². The number of hydrogen-bond acceptors (Lipinski definition) is 8. The van der Waals surface area contributed by atoms with Crippen LogP contribution in [0.3, 0.4) is 0 Å². The number of likely N-dealkylation sites (tertiary alicyclic amines) is 1. The molecular formula is C27H33N5O5S. The quantitative estimate of drug-likeness (QED) is 0.261. The molecule has 202 valence electrons. The second-order valence-corrected chi connectivity index (χ2v) is 11.7. The Kier molecular flexibility index (Phi) is 7.32. The second-order valence-electron chi connectivity index (χ2n) is 10.1. The first kappa shape index (κ1) is 26.4. The summed E-state index contributed by atoms with van der Waals surface area (Å²) in [6.07, 6.45) is 4.56. The van der Waals surface area contributed by atoms with Crippen molar-refractivity contribution in [3.05, 3.63) is 49.6 Å². The third-order valence-electron chi connectivity index (χ3n) is 8.04. The molecule has 38 heavy (non-hydrogen) atoms. The van der Waals surface area contributed by atoms with Crippen LogP contribution < -0.4 is 0 Å². The Hall–Kier alpha value is -3.18. The normalized spacial score (nSPS) is 29.5. The summed E-state index contributed by atoms with van der Waals surface area (Å²) in [7, 11) is 0. The van der Waals surface area contributed by atoms with Crippen LogP contribution in [0.1, 0.15) is 19.8 Å². The first-order valence-electron chi connectivity index (χ1n) is 12.9. The number of fused-ring (bicyclic) bond motifs is 2. The average Bonchev–Trinajstić information content (AvgIpc) is 3.62. The van der Waals surface area contributed by atoms with Gasteiger partial charge in [-0.1, -0.05) is 36.4 Å². The molecule has 0 aliphatic carbocycles. The topological polar surface area (TPSA) is 118 Å². The van der Waals surface area contributed by atoms with Gasteiger partial charge in [-0.3, -0.25) is 14.4 Å². The summed E-state index contributed by atoms with van der Waals surface area (Å²) < 4.78 is 6.39. The van der Waals surface area contributed by atoms with Crippen LogP contribution in [-0.2, 0) is 25.8 Å². The van der Waals surface area contributed by atoms with Crippen LogP contribution in [0, 0.1) is 17.8 Å². The molecule has 3 fully saturated rings. The van der Waals surface area contributed by atoms with Crippen molar-refractivity contribution in [2.24, 2.45) is 17.8 Å². The predicted molar refractivity (Wildman–Crippen MR) is 143 cm³/mol. The molecular weight excluding hydrogens is 506 g/mol. The van der Waals surface area contributed by atoms with Crippen LogP contribution in [0.5, 0.6) is 0 Å². The van der Waals surface area contributed by atoms with Crippen molar-refractivity contribution in [1.29, 1.82) is 0 Å². The van der Waals surface area contributed by atoms with E-state index in [4.69, 9.17) is 4.74 Å². The van der Waals surface area contributed by atoms with Gasteiger partial charge in [-0.05, 0) is 30.9 Å². The van der Waals surface area contributed by atoms with Crippen LogP contribution in [0.15, 0.2) is 49.6 Å². The van der Waals surface area contributed by atoms with Crippen molar-refractivity contribution >= 4 is 40.6 Å². The molecule has 1 aromatic carbocycles. The van der Waals surface area contributed by atoms with Crippen molar-refractivity contribution in [3.63, 3.8) is 0 Å². The Morgan fingerprint density at radius 3 is 2.84 bits per heavy atom. The molecule has 2 bridgehead atoms. The smallest absolute Gasteiger partial charge is 0.310 e. The number of ether oxygens (including phenoxy) is 1. The Morgan fingerprint density at radius 2 is 2.11 bits per heavy atom. The Bertz CT molecular complexity index is 1270. The van der Waals surface area contributed by atoms with Gasteiger partial charge in [0.25, 0.3) is 0 Å². The minimum Gasteiger partial charge on any atom is -0.465 e. The predicted octanol–water partition coefficient (Wildman–Crippen LogP) is 1.85. The van der Waals surface area contributed by atoms with Crippen molar-refractivity contribution in [2.75, 3.05) is 26.3 Å². The zero-order valence-electron chi connectivity index (χ0n) is 21.4. The zero-order chi connectivity index (χ0) is 27.0.